The molecule has 10 heteroatoms. The van der Waals surface area contributed by atoms with Crippen molar-refractivity contribution >= 4 is 0 Å². The van der Waals surface area contributed by atoms with Crippen LogP contribution in [0.3, 0.4) is 0 Å². The van der Waals surface area contributed by atoms with E-state index in [0.29, 0.717) is 5.56 Å². The van der Waals surface area contributed by atoms with Gasteiger partial charge in [-0.05, 0) is 18.6 Å². The molecule has 1 aromatic carbocycles. The number of hydrogen-bond donors (Lipinski definition) is 5. The van der Waals surface area contributed by atoms with Crippen molar-refractivity contribution in [2.45, 2.75) is 37.6 Å². The average molecular weight is 410 g/mol. The van der Waals surface area contributed by atoms with Crippen LogP contribution in [0.5, 0.6) is 17.2 Å². The number of aryl methyl sites for hydroxylation is 1. The maximum absolute atomic E-state index is 11.8. The van der Waals surface area contributed by atoms with E-state index in [2.05, 4.69) is 0 Å². The van der Waals surface area contributed by atoms with Crippen molar-refractivity contribution in [1.82, 2.24) is 0 Å². The van der Waals surface area contributed by atoms with Crippen molar-refractivity contribution in [1.29, 1.82) is 0 Å². The fourth-order valence-corrected chi connectivity index (χ4v) is 3.13. The number of aliphatic hydroxyl groups is 4. The molecular formula is C19H22O10. The zero-order chi connectivity index (χ0) is 21.3. The van der Waals surface area contributed by atoms with Crippen molar-refractivity contribution in [3.05, 3.63) is 40.2 Å². The number of aromatic hydroxyl groups is 1. The molecule has 0 bridgehead atoms. The van der Waals surface area contributed by atoms with Gasteiger partial charge in [-0.2, -0.15) is 0 Å². The molecule has 0 aliphatic carbocycles. The lowest BCUT2D eigenvalue weighted by molar-refractivity contribution is -0.277. The first kappa shape index (κ1) is 21.1. The van der Waals surface area contributed by atoms with E-state index >= 15 is 0 Å². The molecule has 0 radical (unpaired) electrons. The Kier molecular flexibility index (Phi) is 6.10. The van der Waals surface area contributed by atoms with Crippen LogP contribution in [-0.4, -0.2) is 70.0 Å². The quantitative estimate of drug-likeness (QED) is 0.435. The topological polar surface area (TPSA) is 159 Å². The third-order valence-electron chi connectivity index (χ3n) is 4.60. The molecule has 2 heterocycles. The van der Waals surface area contributed by atoms with Crippen LogP contribution in [0.4, 0.5) is 0 Å². The predicted molar refractivity (Wildman–Crippen MR) is 97.8 cm³/mol. The van der Waals surface area contributed by atoms with E-state index in [1.54, 1.807) is 6.92 Å². The minimum Gasteiger partial charge on any atom is -0.508 e. The SMILES string of the molecule is COc1cc(-c2c(C)cc(O)cc2O[C@@H]2O[C@H](CO)[C@H](O)[C@@H](O)[C@H]2O)oc(=O)c1. The lowest BCUT2D eigenvalue weighted by Crippen LogP contribution is -2.60. The van der Waals surface area contributed by atoms with Gasteiger partial charge in [-0.1, -0.05) is 0 Å². The van der Waals surface area contributed by atoms with E-state index in [-0.39, 0.29) is 28.6 Å². The van der Waals surface area contributed by atoms with E-state index in [0.717, 1.165) is 6.07 Å². The highest BCUT2D eigenvalue weighted by atomic mass is 16.7. The molecular weight excluding hydrogens is 388 g/mol. The van der Waals surface area contributed by atoms with Gasteiger partial charge in [-0.3, -0.25) is 0 Å². The third-order valence-corrected chi connectivity index (χ3v) is 4.60. The summed E-state index contributed by atoms with van der Waals surface area (Å²) in [5, 5.41) is 49.4. The van der Waals surface area contributed by atoms with Crippen molar-refractivity contribution < 1.29 is 44.2 Å². The number of aliphatic hydroxyl groups excluding tert-OH is 4. The van der Waals surface area contributed by atoms with Crippen molar-refractivity contribution in [2.75, 3.05) is 13.7 Å². The van der Waals surface area contributed by atoms with Crippen LogP contribution in [0.25, 0.3) is 11.3 Å². The predicted octanol–water partition coefficient (Wildman–Crippen LogP) is -0.492. The summed E-state index contributed by atoms with van der Waals surface area (Å²) in [7, 11) is 1.38. The number of phenolic OH excluding ortho intramolecular Hbond substituents is 1. The van der Waals surface area contributed by atoms with Gasteiger partial charge in [0.25, 0.3) is 0 Å². The highest BCUT2D eigenvalue weighted by molar-refractivity contribution is 5.72. The summed E-state index contributed by atoms with van der Waals surface area (Å²) in [4.78, 5) is 11.8. The molecule has 1 aliphatic rings. The van der Waals surface area contributed by atoms with Crippen LogP contribution < -0.4 is 15.1 Å². The van der Waals surface area contributed by atoms with E-state index in [9.17, 15) is 30.3 Å². The molecule has 3 rings (SSSR count). The summed E-state index contributed by atoms with van der Waals surface area (Å²) in [6.45, 7) is 1.01. The summed E-state index contributed by atoms with van der Waals surface area (Å²) in [5.74, 6) is 0.119. The number of ether oxygens (including phenoxy) is 3. The lowest BCUT2D eigenvalue weighted by atomic mass is 9.99. The van der Waals surface area contributed by atoms with Gasteiger partial charge >= 0.3 is 5.63 Å². The molecule has 10 nitrogen and oxygen atoms in total. The molecule has 1 saturated heterocycles. The van der Waals surface area contributed by atoms with Gasteiger partial charge in [-0.25, -0.2) is 4.79 Å². The Bertz CT molecular complexity index is 922. The Morgan fingerprint density at radius 3 is 2.45 bits per heavy atom. The summed E-state index contributed by atoms with van der Waals surface area (Å²) < 4.78 is 21.3. The highest BCUT2D eigenvalue weighted by Gasteiger charge is 2.45. The van der Waals surface area contributed by atoms with Gasteiger partial charge in [0.15, 0.2) is 0 Å². The average Bonchev–Trinajstić information content (AvgIpc) is 2.67. The maximum atomic E-state index is 11.8. The van der Waals surface area contributed by atoms with Crippen LogP contribution in [0.1, 0.15) is 5.56 Å². The second kappa shape index (κ2) is 8.39. The molecule has 0 amide bonds. The Morgan fingerprint density at radius 1 is 1.07 bits per heavy atom. The second-order valence-electron chi connectivity index (χ2n) is 6.63. The monoisotopic (exact) mass is 410 g/mol. The molecule has 0 unspecified atom stereocenters. The Balaban J connectivity index is 2.04. The lowest BCUT2D eigenvalue weighted by Gasteiger charge is -2.39. The van der Waals surface area contributed by atoms with Crippen LogP contribution in [0.15, 0.2) is 33.5 Å². The van der Waals surface area contributed by atoms with Crippen LogP contribution in [0.2, 0.25) is 0 Å². The van der Waals surface area contributed by atoms with Gasteiger partial charge in [0.05, 0.1) is 25.3 Å². The fourth-order valence-electron chi connectivity index (χ4n) is 3.13. The largest absolute Gasteiger partial charge is 0.508 e. The molecule has 1 aromatic heterocycles. The molecule has 29 heavy (non-hydrogen) atoms. The van der Waals surface area contributed by atoms with Crippen molar-refractivity contribution in [3.8, 4) is 28.6 Å². The maximum Gasteiger partial charge on any atom is 0.339 e. The number of phenols is 1. The van der Waals surface area contributed by atoms with Crippen LogP contribution in [-0.2, 0) is 4.74 Å². The first-order valence-corrected chi connectivity index (χ1v) is 8.75. The Hall–Kier alpha value is -2.63. The molecule has 0 spiro atoms. The summed E-state index contributed by atoms with van der Waals surface area (Å²) in [5.41, 5.74) is 0.0716. The van der Waals surface area contributed by atoms with Crippen molar-refractivity contribution in [3.63, 3.8) is 0 Å². The third kappa shape index (κ3) is 4.21. The minimum atomic E-state index is -1.65. The smallest absolute Gasteiger partial charge is 0.339 e. The number of rotatable bonds is 5. The summed E-state index contributed by atoms with van der Waals surface area (Å²) in [6.07, 6.45) is -7.49. The van der Waals surface area contributed by atoms with Gasteiger partial charge in [0.2, 0.25) is 6.29 Å². The first-order chi connectivity index (χ1) is 13.7. The summed E-state index contributed by atoms with van der Waals surface area (Å²) >= 11 is 0. The van der Waals surface area contributed by atoms with E-state index in [4.69, 9.17) is 18.6 Å². The first-order valence-electron chi connectivity index (χ1n) is 8.75. The fraction of sp³-hybridized carbons (Fsp3) is 0.421. The highest BCUT2D eigenvalue weighted by Crippen LogP contribution is 2.38. The molecule has 5 atom stereocenters. The molecule has 1 fully saturated rings. The molecule has 0 saturated carbocycles. The molecule has 5 N–H and O–H groups in total. The normalized spacial score (nSPS) is 26.9. The number of benzene rings is 1. The second-order valence-corrected chi connectivity index (χ2v) is 6.63. The Morgan fingerprint density at radius 2 is 1.79 bits per heavy atom. The minimum absolute atomic E-state index is 0.0248. The van der Waals surface area contributed by atoms with Gasteiger partial charge in [0.1, 0.15) is 47.4 Å². The van der Waals surface area contributed by atoms with Gasteiger partial charge in [0, 0.05) is 12.1 Å². The standard InChI is InChI=1S/C19H22O10/c1-8-3-9(21)4-11(15(8)12-5-10(26-2)6-14(22)27-12)28-19-18(25)17(24)16(23)13(7-20)29-19/h3-6,13,16-21,23-25H,7H2,1-2H3/t13-,16+,17-,18-,19-/m1/s1. The van der Waals surface area contributed by atoms with E-state index < -0.39 is 42.9 Å². The van der Waals surface area contributed by atoms with Crippen LogP contribution in [0, 0.1) is 6.92 Å². The van der Waals surface area contributed by atoms with Crippen molar-refractivity contribution in [2.24, 2.45) is 0 Å². The number of hydrogen-bond acceptors (Lipinski definition) is 10. The molecule has 2 aromatic rings. The van der Waals surface area contributed by atoms with E-state index in [1.807, 2.05) is 0 Å². The zero-order valence-corrected chi connectivity index (χ0v) is 15.7. The Labute approximate surface area is 165 Å². The van der Waals surface area contributed by atoms with Gasteiger partial charge in [-0.15, -0.1) is 0 Å². The molecule has 1 aliphatic heterocycles. The zero-order valence-electron chi connectivity index (χ0n) is 15.7. The van der Waals surface area contributed by atoms with E-state index in [1.165, 1.54) is 25.3 Å². The summed E-state index contributed by atoms with van der Waals surface area (Å²) in [6, 6.07) is 5.22. The van der Waals surface area contributed by atoms with Crippen LogP contribution >= 0.6 is 0 Å². The molecule has 158 valence electrons. The number of methoxy groups -OCH3 is 1. The van der Waals surface area contributed by atoms with Gasteiger partial charge < -0.3 is 44.2 Å².